The van der Waals surface area contributed by atoms with Crippen LogP contribution in [0.25, 0.3) is 0 Å². The minimum absolute atomic E-state index is 0.0292. The van der Waals surface area contributed by atoms with Gasteiger partial charge < -0.3 is 11.1 Å². The average Bonchev–Trinajstić information content (AvgIpc) is 2.56. The van der Waals surface area contributed by atoms with Gasteiger partial charge in [-0.1, -0.05) is 13.8 Å². The quantitative estimate of drug-likeness (QED) is 0.810. The van der Waals surface area contributed by atoms with Crippen LogP contribution in [0, 0.1) is 6.92 Å². The van der Waals surface area contributed by atoms with Crippen molar-refractivity contribution in [3.63, 3.8) is 0 Å². The number of nitrogens with zero attached hydrogens (tertiary/aromatic N) is 1. The van der Waals surface area contributed by atoms with Crippen LogP contribution in [0.15, 0.2) is 0 Å². The molecule has 0 atom stereocenters. The zero-order chi connectivity index (χ0) is 11.4. The first kappa shape index (κ1) is 12.1. The topological polar surface area (TPSA) is 68.0 Å². The second-order valence-electron chi connectivity index (χ2n) is 3.68. The molecule has 0 saturated carbocycles. The standard InChI is InChI=1S/C10H17N3OS/c1-6(2)10-7(3)15-9(13-10)5-12-8(14)4-11/h6H,4-5,11H2,1-3H3,(H,12,14). The van der Waals surface area contributed by atoms with E-state index in [0.29, 0.717) is 12.5 Å². The number of amides is 1. The van der Waals surface area contributed by atoms with Gasteiger partial charge in [0.05, 0.1) is 18.8 Å². The number of hydrogen-bond donors (Lipinski definition) is 2. The van der Waals surface area contributed by atoms with E-state index in [1.807, 2.05) is 0 Å². The van der Waals surface area contributed by atoms with Crippen LogP contribution in [0.1, 0.15) is 35.3 Å². The van der Waals surface area contributed by atoms with Crippen molar-refractivity contribution in [2.75, 3.05) is 6.54 Å². The molecule has 1 rings (SSSR count). The Balaban J connectivity index is 2.63. The van der Waals surface area contributed by atoms with Crippen molar-refractivity contribution in [3.05, 3.63) is 15.6 Å². The second kappa shape index (κ2) is 5.23. The lowest BCUT2D eigenvalue weighted by Gasteiger charge is -2.00. The molecule has 0 aromatic carbocycles. The molecule has 0 radical (unpaired) electrons. The lowest BCUT2D eigenvalue weighted by Crippen LogP contribution is -2.29. The van der Waals surface area contributed by atoms with E-state index in [2.05, 4.69) is 31.1 Å². The molecule has 3 N–H and O–H groups in total. The van der Waals surface area contributed by atoms with E-state index in [0.717, 1.165) is 10.7 Å². The molecule has 0 fully saturated rings. The zero-order valence-corrected chi connectivity index (χ0v) is 10.1. The summed E-state index contributed by atoms with van der Waals surface area (Å²) in [4.78, 5) is 16.7. The molecule has 1 aromatic heterocycles. The number of aryl methyl sites for hydroxylation is 1. The van der Waals surface area contributed by atoms with Gasteiger partial charge in [0.1, 0.15) is 5.01 Å². The van der Waals surface area contributed by atoms with Gasteiger partial charge in [0.25, 0.3) is 0 Å². The molecule has 4 nitrogen and oxygen atoms in total. The molecule has 15 heavy (non-hydrogen) atoms. The van der Waals surface area contributed by atoms with Gasteiger partial charge in [-0.15, -0.1) is 11.3 Å². The SMILES string of the molecule is Cc1sc(CNC(=O)CN)nc1C(C)C. The highest BCUT2D eigenvalue weighted by molar-refractivity contribution is 7.11. The van der Waals surface area contributed by atoms with Crippen LogP contribution in [0.2, 0.25) is 0 Å². The van der Waals surface area contributed by atoms with Crippen molar-refractivity contribution in [2.24, 2.45) is 5.73 Å². The van der Waals surface area contributed by atoms with Crippen molar-refractivity contribution in [2.45, 2.75) is 33.2 Å². The highest BCUT2D eigenvalue weighted by Crippen LogP contribution is 2.23. The van der Waals surface area contributed by atoms with Gasteiger partial charge in [-0.05, 0) is 12.8 Å². The van der Waals surface area contributed by atoms with Crippen LogP contribution in [-0.4, -0.2) is 17.4 Å². The summed E-state index contributed by atoms with van der Waals surface area (Å²) in [5, 5.41) is 3.65. The van der Waals surface area contributed by atoms with Crippen LogP contribution >= 0.6 is 11.3 Å². The van der Waals surface area contributed by atoms with E-state index in [4.69, 9.17) is 5.73 Å². The third-order valence-corrected chi connectivity index (χ3v) is 3.03. The summed E-state index contributed by atoms with van der Waals surface area (Å²) >= 11 is 1.63. The molecule has 0 saturated heterocycles. The van der Waals surface area contributed by atoms with E-state index in [9.17, 15) is 4.79 Å². The molecule has 0 aliphatic carbocycles. The van der Waals surface area contributed by atoms with E-state index < -0.39 is 0 Å². The maximum atomic E-state index is 11.0. The molecule has 1 aromatic rings. The predicted octanol–water partition coefficient (Wildman–Crippen LogP) is 1.15. The van der Waals surface area contributed by atoms with E-state index >= 15 is 0 Å². The Hall–Kier alpha value is -0.940. The normalized spacial score (nSPS) is 10.7. The van der Waals surface area contributed by atoms with Crippen molar-refractivity contribution >= 4 is 17.2 Å². The molecule has 0 bridgehead atoms. The third kappa shape index (κ3) is 3.28. The Morgan fingerprint density at radius 2 is 2.27 bits per heavy atom. The minimum atomic E-state index is -0.144. The number of nitrogens with one attached hydrogen (secondary N) is 1. The van der Waals surface area contributed by atoms with Crippen LogP contribution < -0.4 is 11.1 Å². The maximum Gasteiger partial charge on any atom is 0.234 e. The molecule has 0 unspecified atom stereocenters. The van der Waals surface area contributed by atoms with Crippen molar-refractivity contribution in [1.29, 1.82) is 0 Å². The highest BCUT2D eigenvalue weighted by Gasteiger charge is 2.10. The maximum absolute atomic E-state index is 11.0. The van der Waals surface area contributed by atoms with Crippen LogP contribution in [-0.2, 0) is 11.3 Å². The van der Waals surface area contributed by atoms with Crippen LogP contribution in [0.5, 0.6) is 0 Å². The monoisotopic (exact) mass is 227 g/mol. The van der Waals surface area contributed by atoms with Gasteiger partial charge in [-0.3, -0.25) is 4.79 Å². The summed E-state index contributed by atoms with van der Waals surface area (Å²) in [6.07, 6.45) is 0. The summed E-state index contributed by atoms with van der Waals surface area (Å²) in [5.41, 5.74) is 6.31. The Morgan fingerprint density at radius 1 is 1.60 bits per heavy atom. The largest absolute Gasteiger partial charge is 0.348 e. The first-order valence-electron chi connectivity index (χ1n) is 4.97. The highest BCUT2D eigenvalue weighted by atomic mass is 32.1. The number of thiazole rings is 1. The molecule has 1 heterocycles. The molecule has 1 amide bonds. The average molecular weight is 227 g/mol. The fourth-order valence-corrected chi connectivity index (χ4v) is 2.35. The van der Waals surface area contributed by atoms with Crippen molar-refractivity contribution in [3.8, 4) is 0 Å². The first-order chi connectivity index (χ1) is 7.04. The Morgan fingerprint density at radius 3 is 2.73 bits per heavy atom. The molecular weight excluding hydrogens is 210 g/mol. The summed E-state index contributed by atoms with van der Waals surface area (Å²) in [6, 6.07) is 0. The zero-order valence-electron chi connectivity index (χ0n) is 9.33. The number of hydrogen-bond acceptors (Lipinski definition) is 4. The second-order valence-corrected chi connectivity index (χ2v) is 4.97. The summed E-state index contributed by atoms with van der Waals surface area (Å²) < 4.78 is 0. The fourth-order valence-electron chi connectivity index (χ4n) is 1.32. The predicted molar refractivity (Wildman–Crippen MR) is 61.8 cm³/mol. The lowest BCUT2D eigenvalue weighted by atomic mass is 10.1. The number of nitrogens with two attached hydrogens (primary N) is 1. The van der Waals surface area contributed by atoms with Gasteiger partial charge in [-0.25, -0.2) is 4.98 Å². The minimum Gasteiger partial charge on any atom is -0.348 e. The molecule has 5 heteroatoms. The summed E-state index contributed by atoms with van der Waals surface area (Å²) in [5.74, 6) is 0.286. The first-order valence-corrected chi connectivity index (χ1v) is 5.79. The van der Waals surface area contributed by atoms with E-state index in [-0.39, 0.29) is 12.5 Å². The molecule has 0 spiro atoms. The summed E-state index contributed by atoms with van der Waals surface area (Å²) in [7, 11) is 0. The Kier molecular flexibility index (Phi) is 4.23. The number of aromatic nitrogens is 1. The van der Waals surface area contributed by atoms with Gasteiger partial charge in [0.15, 0.2) is 0 Å². The van der Waals surface area contributed by atoms with Gasteiger partial charge >= 0.3 is 0 Å². The molecule has 0 aliphatic heterocycles. The van der Waals surface area contributed by atoms with Gasteiger partial charge in [0.2, 0.25) is 5.91 Å². The third-order valence-electron chi connectivity index (χ3n) is 2.05. The smallest absolute Gasteiger partial charge is 0.234 e. The number of rotatable bonds is 4. The lowest BCUT2D eigenvalue weighted by molar-refractivity contribution is -0.119. The van der Waals surface area contributed by atoms with Crippen LogP contribution in [0.3, 0.4) is 0 Å². The number of carbonyl (C=O) groups excluding carboxylic acids is 1. The van der Waals surface area contributed by atoms with E-state index in [1.54, 1.807) is 11.3 Å². The molecular formula is C10H17N3OS. The van der Waals surface area contributed by atoms with Crippen molar-refractivity contribution < 1.29 is 4.79 Å². The Bertz CT molecular complexity index is 346. The van der Waals surface area contributed by atoms with Gasteiger partial charge in [-0.2, -0.15) is 0 Å². The number of carbonyl (C=O) groups is 1. The van der Waals surface area contributed by atoms with Gasteiger partial charge in [0, 0.05) is 4.88 Å². The van der Waals surface area contributed by atoms with Crippen LogP contribution in [0.4, 0.5) is 0 Å². The Labute approximate surface area is 93.9 Å². The summed E-state index contributed by atoms with van der Waals surface area (Å²) in [6.45, 7) is 6.80. The molecule has 0 aliphatic rings. The van der Waals surface area contributed by atoms with Crippen molar-refractivity contribution in [1.82, 2.24) is 10.3 Å². The van der Waals surface area contributed by atoms with E-state index in [1.165, 1.54) is 4.88 Å². The molecule has 84 valence electrons. The fraction of sp³-hybridized carbons (Fsp3) is 0.600.